The summed E-state index contributed by atoms with van der Waals surface area (Å²) in [6.07, 6.45) is 7.86. The van der Waals surface area contributed by atoms with E-state index in [1.807, 2.05) is 26.0 Å². The molecule has 1 saturated carbocycles. The fraction of sp³-hybridized carbons (Fsp3) is 0.500. The van der Waals surface area contributed by atoms with Crippen molar-refractivity contribution < 1.29 is 8.94 Å². The third-order valence-corrected chi connectivity index (χ3v) is 5.84. The first-order valence-corrected chi connectivity index (χ1v) is 9.76. The second-order valence-electron chi connectivity index (χ2n) is 6.54. The van der Waals surface area contributed by atoms with E-state index in [1.165, 1.54) is 32.1 Å². The fourth-order valence-electron chi connectivity index (χ4n) is 3.46. The van der Waals surface area contributed by atoms with Crippen LogP contribution in [-0.4, -0.2) is 19.9 Å². The molecule has 0 N–H and O–H groups in total. The first-order chi connectivity index (χ1) is 12.2. The molecule has 0 atom stereocenters. The molecule has 0 amide bonds. The molecule has 1 aliphatic rings. The van der Waals surface area contributed by atoms with Gasteiger partial charge in [0.1, 0.15) is 5.76 Å². The largest absolute Gasteiger partial charge is 0.461 e. The van der Waals surface area contributed by atoms with Gasteiger partial charge in [0.25, 0.3) is 0 Å². The minimum absolute atomic E-state index is 0.441. The third-order valence-electron chi connectivity index (χ3n) is 4.87. The summed E-state index contributed by atoms with van der Waals surface area (Å²) in [6.45, 7) is 3.93. The summed E-state index contributed by atoms with van der Waals surface area (Å²) >= 11 is 1.69. The summed E-state index contributed by atoms with van der Waals surface area (Å²) in [5.41, 5.74) is 2.09. The van der Waals surface area contributed by atoms with Gasteiger partial charge in [0.05, 0.1) is 12.0 Å². The number of hydrogen-bond acceptors (Lipinski definition) is 6. The van der Waals surface area contributed by atoms with Gasteiger partial charge in [-0.2, -0.15) is 0 Å². The maximum Gasteiger partial charge on any atom is 0.200 e. The van der Waals surface area contributed by atoms with Gasteiger partial charge >= 0.3 is 0 Å². The van der Waals surface area contributed by atoms with Crippen molar-refractivity contribution in [3.8, 4) is 11.6 Å². The van der Waals surface area contributed by atoms with Crippen LogP contribution in [0.4, 0.5) is 0 Å². The Balaban J connectivity index is 1.65. The van der Waals surface area contributed by atoms with E-state index >= 15 is 0 Å². The molecule has 3 aromatic heterocycles. The van der Waals surface area contributed by atoms with E-state index in [2.05, 4.69) is 19.9 Å². The summed E-state index contributed by atoms with van der Waals surface area (Å²) in [7, 11) is 0. The predicted molar refractivity (Wildman–Crippen MR) is 95.4 cm³/mol. The SMILES string of the molecule is Cc1noc(C)c1CSc1nnc(-c2ccco2)n1C1CCCCC1. The summed E-state index contributed by atoms with van der Waals surface area (Å²) in [6, 6.07) is 4.29. The molecule has 1 fully saturated rings. The van der Waals surface area contributed by atoms with E-state index in [0.29, 0.717) is 6.04 Å². The molecule has 0 radical (unpaired) electrons. The normalized spacial score (nSPS) is 15.8. The number of nitrogens with zero attached hydrogens (tertiary/aromatic N) is 4. The Morgan fingerprint density at radius 3 is 2.72 bits per heavy atom. The van der Waals surface area contributed by atoms with Crippen molar-refractivity contribution in [3.05, 3.63) is 35.4 Å². The number of furan rings is 1. The maximum atomic E-state index is 5.60. The van der Waals surface area contributed by atoms with E-state index in [9.17, 15) is 0 Å². The molecule has 0 aliphatic heterocycles. The van der Waals surface area contributed by atoms with Crippen LogP contribution in [-0.2, 0) is 5.75 Å². The van der Waals surface area contributed by atoms with Crippen molar-refractivity contribution in [2.75, 3.05) is 0 Å². The number of aromatic nitrogens is 4. The lowest BCUT2D eigenvalue weighted by molar-refractivity contribution is 0.337. The fourth-order valence-corrected chi connectivity index (χ4v) is 4.62. The van der Waals surface area contributed by atoms with E-state index in [-0.39, 0.29) is 0 Å². The summed E-state index contributed by atoms with van der Waals surface area (Å²) < 4.78 is 13.1. The summed E-state index contributed by atoms with van der Waals surface area (Å²) in [5, 5.41) is 13.9. The number of aryl methyl sites for hydroxylation is 2. The van der Waals surface area contributed by atoms with Crippen LogP contribution >= 0.6 is 11.8 Å². The smallest absolute Gasteiger partial charge is 0.200 e. The first kappa shape index (κ1) is 16.4. The van der Waals surface area contributed by atoms with Gasteiger partial charge in [-0.3, -0.25) is 4.57 Å². The average Bonchev–Trinajstić information content (AvgIpc) is 3.35. The van der Waals surface area contributed by atoms with Crippen LogP contribution in [0.3, 0.4) is 0 Å². The Morgan fingerprint density at radius 2 is 2.04 bits per heavy atom. The third kappa shape index (κ3) is 3.25. The molecule has 3 heterocycles. The lowest BCUT2D eigenvalue weighted by Gasteiger charge is -2.25. The van der Waals surface area contributed by atoms with Crippen molar-refractivity contribution >= 4 is 11.8 Å². The van der Waals surface area contributed by atoms with Crippen LogP contribution in [0.15, 0.2) is 32.5 Å². The lowest BCUT2D eigenvalue weighted by atomic mass is 9.95. The highest BCUT2D eigenvalue weighted by molar-refractivity contribution is 7.98. The molecule has 1 aliphatic carbocycles. The topological polar surface area (TPSA) is 69.9 Å². The molecule has 3 aromatic rings. The van der Waals surface area contributed by atoms with E-state index in [4.69, 9.17) is 8.94 Å². The lowest BCUT2D eigenvalue weighted by Crippen LogP contribution is -2.15. The molecule has 25 heavy (non-hydrogen) atoms. The second-order valence-corrected chi connectivity index (χ2v) is 7.48. The zero-order chi connectivity index (χ0) is 17.2. The predicted octanol–water partition coefficient (Wildman–Crippen LogP) is 4.94. The second kappa shape index (κ2) is 7.07. The Hall–Kier alpha value is -2.02. The average molecular weight is 358 g/mol. The minimum Gasteiger partial charge on any atom is -0.461 e. The quantitative estimate of drug-likeness (QED) is 0.602. The molecular formula is C18H22N4O2S. The molecule has 7 heteroatoms. The van der Waals surface area contributed by atoms with Crippen LogP contribution in [0.25, 0.3) is 11.6 Å². The van der Waals surface area contributed by atoms with Gasteiger partial charge in [-0.25, -0.2) is 0 Å². The van der Waals surface area contributed by atoms with Crippen molar-refractivity contribution in [2.24, 2.45) is 0 Å². The van der Waals surface area contributed by atoms with Gasteiger partial charge in [-0.15, -0.1) is 10.2 Å². The highest BCUT2D eigenvalue weighted by atomic mass is 32.2. The van der Waals surface area contributed by atoms with Gasteiger partial charge in [-0.05, 0) is 38.8 Å². The van der Waals surface area contributed by atoms with Crippen LogP contribution < -0.4 is 0 Å². The van der Waals surface area contributed by atoms with Crippen molar-refractivity contribution in [3.63, 3.8) is 0 Å². The molecule has 0 saturated heterocycles. The van der Waals surface area contributed by atoms with Crippen molar-refractivity contribution in [1.29, 1.82) is 0 Å². The van der Waals surface area contributed by atoms with E-state index in [1.54, 1.807) is 18.0 Å². The van der Waals surface area contributed by atoms with Crippen molar-refractivity contribution in [1.82, 2.24) is 19.9 Å². The number of hydrogen-bond donors (Lipinski definition) is 0. The summed E-state index contributed by atoms with van der Waals surface area (Å²) in [5.74, 6) is 3.27. The Kier molecular flexibility index (Phi) is 4.65. The maximum absolute atomic E-state index is 5.60. The number of thioether (sulfide) groups is 1. The summed E-state index contributed by atoms with van der Waals surface area (Å²) in [4.78, 5) is 0. The zero-order valence-corrected chi connectivity index (χ0v) is 15.4. The molecule has 6 nitrogen and oxygen atoms in total. The molecular weight excluding hydrogens is 336 g/mol. The highest BCUT2D eigenvalue weighted by Gasteiger charge is 2.25. The Labute approximate surface area is 151 Å². The minimum atomic E-state index is 0.441. The standard InChI is InChI=1S/C18H22N4O2S/c1-12-15(13(2)24-21-12)11-25-18-20-19-17(16-9-6-10-23-16)22(18)14-7-4-3-5-8-14/h6,9-10,14H,3-5,7-8,11H2,1-2H3. The van der Waals surface area contributed by atoms with E-state index in [0.717, 1.165) is 39.5 Å². The molecule has 4 rings (SSSR count). The molecule has 0 bridgehead atoms. The van der Waals surface area contributed by atoms with Gasteiger partial charge < -0.3 is 8.94 Å². The molecule has 132 valence electrons. The Bertz CT molecular complexity index is 812. The highest BCUT2D eigenvalue weighted by Crippen LogP contribution is 2.36. The van der Waals surface area contributed by atoms with Gasteiger partial charge in [0.2, 0.25) is 5.82 Å². The van der Waals surface area contributed by atoms with Gasteiger partial charge in [0, 0.05) is 17.4 Å². The number of rotatable bonds is 5. The van der Waals surface area contributed by atoms with Crippen molar-refractivity contribution in [2.45, 2.75) is 62.9 Å². The first-order valence-electron chi connectivity index (χ1n) is 8.77. The molecule has 0 aromatic carbocycles. The van der Waals surface area contributed by atoms with E-state index < -0.39 is 0 Å². The zero-order valence-electron chi connectivity index (χ0n) is 14.6. The van der Waals surface area contributed by atoms with Gasteiger partial charge in [-0.1, -0.05) is 36.2 Å². The van der Waals surface area contributed by atoms with Crippen LogP contribution in [0.2, 0.25) is 0 Å². The van der Waals surface area contributed by atoms with Crippen LogP contribution in [0.5, 0.6) is 0 Å². The Morgan fingerprint density at radius 1 is 1.20 bits per heavy atom. The monoisotopic (exact) mass is 358 g/mol. The molecule has 0 spiro atoms. The van der Waals surface area contributed by atoms with Crippen LogP contribution in [0.1, 0.15) is 55.2 Å². The van der Waals surface area contributed by atoms with Crippen LogP contribution in [0, 0.1) is 13.8 Å². The van der Waals surface area contributed by atoms with Gasteiger partial charge in [0.15, 0.2) is 10.9 Å². The molecule has 0 unspecified atom stereocenters.